The van der Waals surface area contributed by atoms with Gasteiger partial charge in [-0.05, 0) is 36.9 Å². The van der Waals surface area contributed by atoms with Crippen LogP contribution in [0.1, 0.15) is 6.92 Å². The summed E-state index contributed by atoms with van der Waals surface area (Å²) in [6, 6.07) is 0. The Morgan fingerprint density at radius 3 is 2.84 bits per heavy atom. The number of nitrogens with one attached hydrogen (secondary N) is 1. The van der Waals surface area contributed by atoms with Gasteiger partial charge in [0.1, 0.15) is 4.47 Å². The van der Waals surface area contributed by atoms with Crippen molar-refractivity contribution >= 4 is 21.6 Å². The standard InChI is InChI=1S/C12H21BrN4O2/c1-9(19-4)7-14-10-8-15-17(6-5-16(2)3)12(18)11(10)13/h8-9,14H,5-7H2,1-4H3. The molecule has 1 unspecified atom stereocenters. The lowest BCUT2D eigenvalue weighted by atomic mass is 10.3. The number of ether oxygens (including phenoxy) is 1. The molecule has 0 radical (unpaired) electrons. The minimum Gasteiger partial charge on any atom is -0.380 e. The third kappa shape index (κ3) is 4.93. The van der Waals surface area contributed by atoms with Gasteiger partial charge in [-0.25, -0.2) is 4.68 Å². The van der Waals surface area contributed by atoms with Gasteiger partial charge < -0.3 is 15.0 Å². The SMILES string of the molecule is COC(C)CNc1cnn(CCN(C)C)c(=O)c1Br. The van der Waals surface area contributed by atoms with Gasteiger partial charge in [-0.2, -0.15) is 5.10 Å². The van der Waals surface area contributed by atoms with Gasteiger partial charge in [0.2, 0.25) is 0 Å². The Morgan fingerprint density at radius 1 is 1.58 bits per heavy atom. The van der Waals surface area contributed by atoms with E-state index in [1.54, 1.807) is 13.3 Å². The van der Waals surface area contributed by atoms with E-state index in [2.05, 4.69) is 26.3 Å². The van der Waals surface area contributed by atoms with Crippen molar-refractivity contribution in [1.29, 1.82) is 0 Å². The average Bonchev–Trinajstić information content (AvgIpc) is 2.38. The molecule has 1 aromatic rings. The van der Waals surface area contributed by atoms with Gasteiger partial charge >= 0.3 is 0 Å². The molecule has 0 saturated heterocycles. The van der Waals surface area contributed by atoms with Gasteiger partial charge in [-0.3, -0.25) is 4.79 Å². The Hall–Kier alpha value is -0.920. The average molecular weight is 333 g/mol. The van der Waals surface area contributed by atoms with Crippen LogP contribution in [0.15, 0.2) is 15.5 Å². The summed E-state index contributed by atoms with van der Waals surface area (Å²) in [7, 11) is 5.57. The van der Waals surface area contributed by atoms with Crippen LogP contribution in [0.3, 0.4) is 0 Å². The zero-order valence-electron chi connectivity index (χ0n) is 11.8. The Morgan fingerprint density at radius 2 is 2.26 bits per heavy atom. The summed E-state index contributed by atoms with van der Waals surface area (Å²) < 4.78 is 7.10. The van der Waals surface area contributed by atoms with Gasteiger partial charge in [0.05, 0.1) is 24.5 Å². The van der Waals surface area contributed by atoms with E-state index in [-0.39, 0.29) is 11.7 Å². The van der Waals surface area contributed by atoms with Crippen LogP contribution in [0.25, 0.3) is 0 Å². The Kier molecular flexibility index (Phi) is 6.47. The second kappa shape index (κ2) is 7.62. The van der Waals surface area contributed by atoms with Gasteiger partial charge in [0.25, 0.3) is 5.56 Å². The maximum atomic E-state index is 12.1. The molecule has 1 heterocycles. The summed E-state index contributed by atoms with van der Waals surface area (Å²) in [5, 5.41) is 7.30. The fraction of sp³-hybridized carbons (Fsp3) is 0.667. The molecule has 0 aliphatic carbocycles. The zero-order chi connectivity index (χ0) is 14.4. The highest BCUT2D eigenvalue weighted by Gasteiger charge is 2.09. The van der Waals surface area contributed by atoms with Gasteiger partial charge in [0.15, 0.2) is 0 Å². The van der Waals surface area contributed by atoms with Crippen molar-refractivity contribution in [3.63, 3.8) is 0 Å². The second-order valence-corrected chi connectivity index (χ2v) is 5.42. The molecular weight excluding hydrogens is 312 g/mol. The zero-order valence-corrected chi connectivity index (χ0v) is 13.4. The predicted molar refractivity (Wildman–Crippen MR) is 79.7 cm³/mol. The van der Waals surface area contributed by atoms with E-state index in [0.29, 0.717) is 23.2 Å². The summed E-state index contributed by atoms with van der Waals surface area (Å²) in [5.74, 6) is 0. The third-order valence-electron chi connectivity index (χ3n) is 2.73. The molecule has 1 aromatic heterocycles. The maximum absolute atomic E-state index is 12.1. The lowest BCUT2D eigenvalue weighted by Crippen LogP contribution is -2.30. The molecule has 108 valence electrons. The summed E-state index contributed by atoms with van der Waals surface area (Å²) in [5.41, 5.74) is 0.562. The van der Waals surface area contributed by atoms with Crippen LogP contribution in [0.4, 0.5) is 5.69 Å². The first-order valence-electron chi connectivity index (χ1n) is 6.12. The number of nitrogens with zero attached hydrogens (tertiary/aromatic N) is 3. The number of rotatable bonds is 7. The summed E-state index contributed by atoms with van der Waals surface area (Å²) in [6.45, 7) is 3.91. The minimum absolute atomic E-state index is 0.0723. The molecule has 0 aromatic carbocycles. The highest BCUT2D eigenvalue weighted by molar-refractivity contribution is 9.10. The minimum atomic E-state index is -0.128. The Labute approximate surface area is 121 Å². The maximum Gasteiger partial charge on any atom is 0.283 e. The second-order valence-electron chi connectivity index (χ2n) is 4.63. The molecule has 0 fully saturated rings. The van der Waals surface area contributed by atoms with Crippen molar-refractivity contribution in [2.45, 2.75) is 19.6 Å². The molecule has 1 rings (SSSR count). The highest BCUT2D eigenvalue weighted by atomic mass is 79.9. The molecule has 0 aliphatic heterocycles. The van der Waals surface area contributed by atoms with E-state index < -0.39 is 0 Å². The van der Waals surface area contributed by atoms with E-state index >= 15 is 0 Å². The molecule has 7 heteroatoms. The molecule has 19 heavy (non-hydrogen) atoms. The van der Waals surface area contributed by atoms with Crippen LogP contribution in [0.2, 0.25) is 0 Å². The molecule has 0 aliphatic rings. The normalized spacial score (nSPS) is 12.7. The number of anilines is 1. The molecule has 6 nitrogen and oxygen atoms in total. The van der Waals surface area contributed by atoms with E-state index in [1.807, 2.05) is 25.9 Å². The lowest BCUT2D eigenvalue weighted by Gasteiger charge is -2.14. The third-order valence-corrected chi connectivity index (χ3v) is 3.49. The van der Waals surface area contributed by atoms with E-state index in [1.165, 1.54) is 4.68 Å². The molecular formula is C12H21BrN4O2. The first-order valence-corrected chi connectivity index (χ1v) is 6.92. The van der Waals surface area contributed by atoms with Crippen molar-refractivity contribution < 1.29 is 4.74 Å². The smallest absolute Gasteiger partial charge is 0.283 e. The number of hydrogen-bond donors (Lipinski definition) is 1. The lowest BCUT2D eigenvalue weighted by molar-refractivity contribution is 0.129. The van der Waals surface area contributed by atoms with E-state index in [4.69, 9.17) is 4.74 Å². The predicted octanol–water partition coefficient (Wildman–Crippen LogP) is 1.01. The van der Waals surface area contributed by atoms with Crippen molar-refractivity contribution in [3.05, 3.63) is 21.0 Å². The molecule has 0 spiro atoms. The Balaban J connectivity index is 2.77. The van der Waals surface area contributed by atoms with Crippen LogP contribution in [-0.2, 0) is 11.3 Å². The fourth-order valence-electron chi connectivity index (χ4n) is 1.38. The highest BCUT2D eigenvalue weighted by Crippen LogP contribution is 2.16. The van der Waals surface area contributed by atoms with Crippen molar-refractivity contribution in [2.75, 3.05) is 39.6 Å². The number of halogens is 1. The number of hydrogen-bond acceptors (Lipinski definition) is 5. The number of aromatic nitrogens is 2. The number of methoxy groups -OCH3 is 1. The van der Waals surface area contributed by atoms with Crippen molar-refractivity contribution in [3.8, 4) is 0 Å². The molecule has 1 N–H and O–H groups in total. The summed E-state index contributed by atoms with van der Waals surface area (Å²) >= 11 is 3.32. The van der Waals surface area contributed by atoms with E-state index in [9.17, 15) is 4.79 Å². The van der Waals surface area contributed by atoms with Gasteiger partial charge in [0, 0.05) is 20.2 Å². The molecule has 0 amide bonds. The fourth-order valence-corrected chi connectivity index (χ4v) is 1.83. The Bertz CT molecular complexity index is 462. The van der Waals surface area contributed by atoms with Crippen molar-refractivity contribution in [2.24, 2.45) is 0 Å². The topological polar surface area (TPSA) is 59.4 Å². The van der Waals surface area contributed by atoms with Gasteiger partial charge in [-0.1, -0.05) is 0 Å². The van der Waals surface area contributed by atoms with Crippen LogP contribution in [0.5, 0.6) is 0 Å². The van der Waals surface area contributed by atoms with Crippen LogP contribution >= 0.6 is 15.9 Å². The van der Waals surface area contributed by atoms with Crippen LogP contribution in [-0.4, -0.2) is 55.1 Å². The first kappa shape index (κ1) is 16.1. The first-order chi connectivity index (χ1) is 8.95. The molecule has 0 bridgehead atoms. The summed E-state index contributed by atoms with van der Waals surface area (Å²) in [6.07, 6.45) is 1.73. The summed E-state index contributed by atoms with van der Waals surface area (Å²) in [4.78, 5) is 14.1. The number of likely N-dealkylation sites (N-methyl/N-ethyl adjacent to an activating group) is 1. The van der Waals surface area contributed by atoms with E-state index in [0.717, 1.165) is 6.54 Å². The monoisotopic (exact) mass is 332 g/mol. The van der Waals surface area contributed by atoms with Gasteiger partial charge in [-0.15, -0.1) is 0 Å². The van der Waals surface area contributed by atoms with Crippen molar-refractivity contribution in [1.82, 2.24) is 14.7 Å². The largest absolute Gasteiger partial charge is 0.380 e. The van der Waals surface area contributed by atoms with Crippen LogP contribution in [0, 0.1) is 0 Å². The molecule has 0 saturated carbocycles. The molecule has 1 atom stereocenters. The quantitative estimate of drug-likeness (QED) is 0.807. The van der Waals surface area contributed by atoms with Crippen LogP contribution < -0.4 is 10.9 Å².